The molecule has 0 saturated carbocycles. The molecule has 1 saturated heterocycles. The number of ether oxygens (including phenoxy) is 2. The summed E-state index contributed by atoms with van der Waals surface area (Å²) < 4.78 is 9.94. The number of rotatable bonds is 2. The van der Waals surface area contributed by atoms with Crippen LogP contribution in [0.1, 0.15) is 39.2 Å². The van der Waals surface area contributed by atoms with Crippen LogP contribution in [-0.4, -0.2) is 24.3 Å². The van der Waals surface area contributed by atoms with Gasteiger partial charge in [0.05, 0.1) is 0 Å². The van der Waals surface area contributed by atoms with Crippen molar-refractivity contribution in [1.29, 1.82) is 0 Å². The molecule has 114 valence electrons. The number of carbonyl (C=O) groups is 2. The Morgan fingerprint density at radius 3 is 2.38 bits per heavy atom. The van der Waals surface area contributed by atoms with Crippen LogP contribution >= 0.6 is 0 Å². The number of esters is 1. The highest BCUT2D eigenvalue weighted by atomic mass is 16.7. The zero-order chi connectivity index (χ0) is 15.5. The molecule has 1 N–H and O–H groups in total. The molecule has 0 bridgehead atoms. The van der Waals surface area contributed by atoms with E-state index in [4.69, 9.17) is 9.47 Å². The summed E-state index contributed by atoms with van der Waals surface area (Å²) in [6.07, 6.45) is 0.480. The molecule has 0 aliphatic carbocycles. The lowest BCUT2D eigenvalue weighted by atomic mass is 9.88. The SMILES string of the molecule is CC(C)(C)OC(=O)OC(=O)[C@]1(c2ccccc2)CCCN1. The molecule has 1 aliphatic rings. The van der Waals surface area contributed by atoms with Crippen LogP contribution in [0.15, 0.2) is 30.3 Å². The first-order chi connectivity index (χ1) is 9.83. The molecule has 1 aliphatic heterocycles. The fourth-order valence-corrected chi connectivity index (χ4v) is 2.44. The van der Waals surface area contributed by atoms with E-state index in [0.717, 1.165) is 12.0 Å². The minimum atomic E-state index is -0.962. The fourth-order valence-electron chi connectivity index (χ4n) is 2.44. The van der Waals surface area contributed by atoms with Crippen LogP contribution in [0, 0.1) is 0 Å². The van der Waals surface area contributed by atoms with Gasteiger partial charge in [0.2, 0.25) is 0 Å². The van der Waals surface area contributed by atoms with Gasteiger partial charge in [0, 0.05) is 0 Å². The molecule has 1 atom stereocenters. The van der Waals surface area contributed by atoms with Crippen molar-refractivity contribution in [2.24, 2.45) is 0 Å². The van der Waals surface area contributed by atoms with Crippen molar-refractivity contribution in [1.82, 2.24) is 5.32 Å². The van der Waals surface area contributed by atoms with Gasteiger partial charge in [-0.05, 0) is 45.7 Å². The molecule has 1 heterocycles. The lowest BCUT2D eigenvalue weighted by Crippen LogP contribution is -2.46. The molecule has 1 fully saturated rings. The Morgan fingerprint density at radius 2 is 1.86 bits per heavy atom. The minimum Gasteiger partial charge on any atom is -0.428 e. The summed E-state index contributed by atoms with van der Waals surface area (Å²) in [5.74, 6) is -0.611. The maximum absolute atomic E-state index is 12.5. The molecule has 5 heteroatoms. The van der Waals surface area contributed by atoms with Crippen LogP contribution in [0.5, 0.6) is 0 Å². The maximum Gasteiger partial charge on any atom is 0.516 e. The third kappa shape index (κ3) is 3.61. The summed E-state index contributed by atoms with van der Waals surface area (Å²) >= 11 is 0. The van der Waals surface area contributed by atoms with Crippen molar-refractivity contribution in [3.63, 3.8) is 0 Å². The average molecular weight is 291 g/mol. The monoisotopic (exact) mass is 291 g/mol. The Hall–Kier alpha value is -1.88. The predicted octanol–water partition coefficient (Wildman–Crippen LogP) is 2.74. The molecule has 0 amide bonds. The van der Waals surface area contributed by atoms with Crippen LogP contribution in [0.2, 0.25) is 0 Å². The number of hydrogen-bond acceptors (Lipinski definition) is 5. The second-order valence-corrected chi connectivity index (χ2v) is 6.16. The molecule has 0 aromatic heterocycles. The van der Waals surface area contributed by atoms with E-state index in [1.807, 2.05) is 30.3 Å². The summed E-state index contributed by atoms with van der Waals surface area (Å²) in [4.78, 5) is 24.2. The highest BCUT2D eigenvalue weighted by Gasteiger charge is 2.45. The van der Waals surface area contributed by atoms with Gasteiger partial charge >= 0.3 is 12.1 Å². The minimum absolute atomic E-state index is 0.596. The normalized spacial score (nSPS) is 21.9. The molecular weight excluding hydrogens is 270 g/mol. The highest BCUT2D eigenvalue weighted by Crippen LogP contribution is 2.32. The van der Waals surface area contributed by atoms with E-state index in [1.54, 1.807) is 20.8 Å². The Balaban J connectivity index is 2.16. The second kappa shape index (κ2) is 5.85. The van der Waals surface area contributed by atoms with Gasteiger partial charge in [0.1, 0.15) is 11.1 Å². The van der Waals surface area contributed by atoms with E-state index < -0.39 is 23.3 Å². The van der Waals surface area contributed by atoms with Gasteiger partial charge in [-0.25, -0.2) is 9.59 Å². The van der Waals surface area contributed by atoms with Crippen molar-refractivity contribution in [3.8, 4) is 0 Å². The van der Waals surface area contributed by atoms with E-state index in [2.05, 4.69) is 5.32 Å². The average Bonchev–Trinajstić information content (AvgIpc) is 2.88. The zero-order valence-corrected chi connectivity index (χ0v) is 12.6. The van der Waals surface area contributed by atoms with Gasteiger partial charge in [-0.2, -0.15) is 0 Å². The predicted molar refractivity (Wildman–Crippen MR) is 77.7 cm³/mol. The lowest BCUT2D eigenvalue weighted by molar-refractivity contribution is -0.149. The molecular formula is C16H21NO4. The molecule has 1 aromatic rings. The largest absolute Gasteiger partial charge is 0.516 e. The van der Waals surface area contributed by atoms with Gasteiger partial charge in [-0.15, -0.1) is 0 Å². The van der Waals surface area contributed by atoms with Crippen molar-refractivity contribution in [2.45, 2.75) is 44.8 Å². The topological polar surface area (TPSA) is 64.6 Å². The smallest absolute Gasteiger partial charge is 0.428 e. The quantitative estimate of drug-likeness (QED) is 0.670. The lowest BCUT2D eigenvalue weighted by Gasteiger charge is -2.27. The van der Waals surface area contributed by atoms with Crippen molar-refractivity contribution in [3.05, 3.63) is 35.9 Å². The van der Waals surface area contributed by atoms with E-state index in [9.17, 15) is 9.59 Å². The number of carbonyl (C=O) groups excluding carboxylic acids is 2. The maximum atomic E-state index is 12.5. The van der Waals surface area contributed by atoms with E-state index in [-0.39, 0.29) is 0 Å². The van der Waals surface area contributed by atoms with Crippen molar-refractivity contribution >= 4 is 12.1 Å². The number of nitrogens with one attached hydrogen (secondary N) is 1. The Morgan fingerprint density at radius 1 is 1.19 bits per heavy atom. The molecule has 5 nitrogen and oxygen atoms in total. The van der Waals surface area contributed by atoms with Gasteiger partial charge in [0.15, 0.2) is 0 Å². The highest BCUT2D eigenvalue weighted by molar-refractivity contribution is 5.90. The third-order valence-corrected chi connectivity index (χ3v) is 3.34. The van der Waals surface area contributed by atoms with Crippen LogP contribution in [0.25, 0.3) is 0 Å². The zero-order valence-electron chi connectivity index (χ0n) is 12.6. The summed E-state index contributed by atoms with van der Waals surface area (Å²) in [6, 6.07) is 9.31. The summed E-state index contributed by atoms with van der Waals surface area (Å²) in [7, 11) is 0. The van der Waals surface area contributed by atoms with Crippen molar-refractivity contribution in [2.75, 3.05) is 6.54 Å². The van der Waals surface area contributed by atoms with Gasteiger partial charge in [-0.1, -0.05) is 30.3 Å². The first-order valence-corrected chi connectivity index (χ1v) is 7.09. The molecule has 0 unspecified atom stereocenters. The van der Waals surface area contributed by atoms with Crippen molar-refractivity contribution < 1.29 is 19.1 Å². The van der Waals surface area contributed by atoms with Crippen LogP contribution in [0.4, 0.5) is 4.79 Å². The molecule has 0 spiro atoms. The summed E-state index contributed by atoms with van der Waals surface area (Å²) in [6.45, 7) is 5.87. The van der Waals surface area contributed by atoms with Gasteiger partial charge in [-0.3, -0.25) is 5.32 Å². The summed E-state index contributed by atoms with van der Waals surface area (Å²) in [5.41, 5.74) is -0.852. The van der Waals surface area contributed by atoms with E-state index in [0.29, 0.717) is 13.0 Å². The summed E-state index contributed by atoms with van der Waals surface area (Å²) in [5, 5.41) is 3.17. The van der Waals surface area contributed by atoms with Crippen LogP contribution in [0.3, 0.4) is 0 Å². The number of hydrogen-bond donors (Lipinski definition) is 1. The van der Waals surface area contributed by atoms with Gasteiger partial charge in [0.25, 0.3) is 0 Å². The Kier molecular flexibility index (Phi) is 4.32. The molecule has 21 heavy (non-hydrogen) atoms. The van der Waals surface area contributed by atoms with E-state index >= 15 is 0 Å². The second-order valence-electron chi connectivity index (χ2n) is 6.16. The number of benzene rings is 1. The van der Waals surface area contributed by atoms with Crippen LogP contribution in [-0.2, 0) is 19.8 Å². The molecule has 1 aromatic carbocycles. The third-order valence-electron chi connectivity index (χ3n) is 3.34. The first-order valence-electron chi connectivity index (χ1n) is 7.09. The fraction of sp³-hybridized carbons (Fsp3) is 0.500. The molecule has 0 radical (unpaired) electrons. The standard InChI is InChI=1S/C16H21NO4/c1-15(2,3)21-14(19)20-13(18)16(10-7-11-17-16)12-8-5-4-6-9-12/h4-6,8-9,17H,7,10-11H2,1-3H3/t16-/m1/s1. The van der Waals surface area contributed by atoms with Crippen LogP contribution < -0.4 is 5.32 Å². The molecule has 2 rings (SSSR count). The van der Waals surface area contributed by atoms with Gasteiger partial charge < -0.3 is 9.47 Å². The first kappa shape index (κ1) is 15.5. The van der Waals surface area contributed by atoms with E-state index in [1.165, 1.54) is 0 Å². The Bertz CT molecular complexity index is 513. The Labute approximate surface area is 124 Å².